The van der Waals surface area contributed by atoms with Crippen LogP contribution in [0.4, 0.5) is 4.39 Å². The summed E-state index contributed by atoms with van der Waals surface area (Å²) >= 11 is 5.80. The molecule has 104 valence electrons. The largest absolute Gasteiger partial charge is 0.490 e. The van der Waals surface area contributed by atoms with Crippen molar-refractivity contribution in [1.82, 2.24) is 5.32 Å². The molecule has 0 saturated heterocycles. The second kappa shape index (κ2) is 4.95. The molecule has 2 aliphatic carbocycles. The Kier molecular flexibility index (Phi) is 3.44. The highest BCUT2D eigenvalue weighted by molar-refractivity contribution is 6.30. The van der Waals surface area contributed by atoms with Gasteiger partial charge >= 0.3 is 0 Å². The van der Waals surface area contributed by atoms with Crippen molar-refractivity contribution in [1.29, 1.82) is 0 Å². The van der Waals surface area contributed by atoms with Crippen molar-refractivity contribution in [3.05, 3.63) is 29.0 Å². The van der Waals surface area contributed by atoms with Crippen LogP contribution in [0.15, 0.2) is 18.2 Å². The van der Waals surface area contributed by atoms with Gasteiger partial charge < -0.3 is 10.1 Å². The lowest BCUT2D eigenvalue weighted by Crippen LogP contribution is -2.63. The molecule has 0 aliphatic heterocycles. The molecule has 0 heterocycles. The molecule has 2 saturated carbocycles. The first-order valence-electron chi connectivity index (χ1n) is 6.95. The third-order valence-electron chi connectivity index (χ3n) is 4.84. The van der Waals surface area contributed by atoms with Crippen molar-refractivity contribution >= 4 is 11.6 Å². The average Bonchev–Trinajstić information content (AvgIpc) is 2.90. The maximum atomic E-state index is 13.1. The Balaban J connectivity index is 1.75. The molecule has 2 atom stereocenters. The monoisotopic (exact) mass is 283 g/mol. The lowest BCUT2D eigenvalue weighted by Gasteiger charge is -2.53. The van der Waals surface area contributed by atoms with E-state index in [0.717, 1.165) is 6.42 Å². The van der Waals surface area contributed by atoms with Crippen LogP contribution in [0.3, 0.4) is 0 Å². The van der Waals surface area contributed by atoms with Gasteiger partial charge in [0.25, 0.3) is 0 Å². The Morgan fingerprint density at radius 3 is 2.74 bits per heavy atom. The van der Waals surface area contributed by atoms with Crippen LogP contribution in [0.1, 0.15) is 32.1 Å². The number of ether oxygens (including phenoxy) is 1. The molecule has 1 aromatic rings. The third kappa shape index (κ3) is 2.13. The van der Waals surface area contributed by atoms with Gasteiger partial charge in [-0.3, -0.25) is 0 Å². The second-order valence-corrected chi connectivity index (χ2v) is 6.11. The van der Waals surface area contributed by atoms with E-state index >= 15 is 0 Å². The first kappa shape index (κ1) is 13.2. The van der Waals surface area contributed by atoms with Crippen LogP contribution in [-0.2, 0) is 0 Å². The molecule has 2 fully saturated rings. The Morgan fingerprint density at radius 2 is 2.11 bits per heavy atom. The molecule has 0 radical (unpaired) electrons. The fourth-order valence-corrected chi connectivity index (χ4v) is 3.91. The van der Waals surface area contributed by atoms with Gasteiger partial charge in [-0.1, -0.05) is 24.4 Å². The van der Waals surface area contributed by atoms with Crippen molar-refractivity contribution in [2.75, 3.05) is 7.05 Å². The molecule has 1 N–H and O–H groups in total. The molecular formula is C15H19ClFNO. The standard InChI is InChI=1S/C15H19ClFNO/c1-18-13-9-14(15(13)6-2-3-7-15)19-10-4-5-12(17)11(16)8-10/h4-5,8,13-14,18H,2-3,6-7,9H2,1H3. The summed E-state index contributed by atoms with van der Waals surface area (Å²) in [6, 6.07) is 5.16. The summed E-state index contributed by atoms with van der Waals surface area (Å²) in [6.45, 7) is 0. The molecule has 19 heavy (non-hydrogen) atoms. The fraction of sp³-hybridized carbons (Fsp3) is 0.600. The van der Waals surface area contributed by atoms with Gasteiger partial charge in [0.05, 0.1) is 5.02 Å². The van der Waals surface area contributed by atoms with Gasteiger partial charge in [-0.05, 0) is 32.0 Å². The van der Waals surface area contributed by atoms with Crippen molar-refractivity contribution < 1.29 is 9.13 Å². The summed E-state index contributed by atoms with van der Waals surface area (Å²) in [5.74, 6) is 0.281. The fourth-order valence-electron chi connectivity index (χ4n) is 3.74. The zero-order valence-electron chi connectivity index (χ0n) is 11.1. The van der Waals surface area contributed by atoms with E-state index in [2.05, 4.69) is 5.32 Å². The SMILES string of the molecule is CNC1CC(Oc2ccc(F)c(Cl)c2)C12CCCC2. The van der Waals surface area contributed by atoms with Gasteiger partial charge in [0.2, 0.25) is 0 Å². The highest BCUT2D eigenvalue weighted by atomic mass is 35.5. The molecular weight excluding hydrogens is 265 g/mol. The van der Waals surface area contributed by atoms with E-state index in [9.17, 15) is 4.39 Å². The van der Waals surface area contributed by atoms with Crippen LogP contribution < -0.4 is 10.1 Å². The number of hydrogen-bond donors (Lipinski definition) is 1. The normalized spacial score (nSPS) is 28.4. The minimum Gasteiger partial charge on any atom is -0.490 e. The Morgan fingerprint density at radius 1 is 1.37 bits per heavy atom. The van der Waals surface area contributed by atoms with Gasteiger partial charge in [-0.15, -0.1) is 0 Å². The second-order valence-electron chi connectivity index (χ2n) is 5.70. The Labute approximate surface area is 118 Å². The van der Waals surface area contributed by atoms with Crippen LogP contribution in [0.25, 0.3) is 0 Å². The van der Waals surface area contributed by atoms with Gasteiger partial charge in [-0.25, -0.2) is 4.39 Å². The number of nitrogens with one attached hydrogen (secondary N) is 1. The first-order valence-corrected chi connectivity index (χ1v) is 7.32. The summed E-state index contributed by atoms with van der Waals surface area (Å²) in [5, 5.41) is 3.53. The minimum atomic E-state index is -0.397. The van der Waals surface area contributed by atoms with Crippen LogP contribution in [0.5, 0.6) is 5.75 Å². The van der Waals surface area contributed by atoms with E-state index < -0.39 is 5.82 Å². The summed E-state index contributed by atoms with van der Waals surface area (Å²) in [5.41, 5.74) is 0.273. The predicted molar refractivity (Wildman–Crippen MR) is 74.2 cm³/mol. The number of halogens is 2. The van der Waals surface area contributed by atoms with Gasteiger partial charge in [-0.2, -0.15) is 0 Å². The summed E-state index contributed by atoms with van der Waals surface area (Å²) < 4.78 is 19.2. The van der Waals surface area contributed by atoms with Crippen LogP contribution in [0, 0.1) is 11.2 Å². The van der Waals surface area contributed by atoms with E-state index in [0.29, 0.717) is 11.8 Å². The van der Waals surface area contributed by atoms with E-state index in [1.807, 2.05) is 7.05 Å². The van der Waals surface area contributed by atoms with E-state index in [4.69, 9.17) is 16.3 Å². The van der Waals surface area contributed by atoms with E-state index in [-0.39, 0.29) is 16.5 Å². The van der Waals surface area contributed by atoms with Crippen molar-refractivity contribution in [3.8, 4) is 5.75 Å². The molecule has 0 bridgehead atoms. The summed E-state index contributed by atoms with van der Waals surface area (Å²) in [7, 11) is 2.02. The van der Waals surface area contributed by atoms with Crippen LogP contribution in [0.2, 0.25) is 5.02 Å². The molecule has 0 aromatic heterocycles. The molecule has 1 spiro atoms. The summed E-state index contributed by atoms with van der Waals surface area (Å²) in [4.78, 5) is 0. The highest BCUT2D eigenvalue weighted by Crippen LogP contribution is 2.54. The predicted octanol–water partition coefficient (Wildman–Crippen LogP) is 3.78. The number of hydrogen-bond acceptors (Lipinski definition) is 2. The molecule has 3 rings (SSSR count). The van der Waals surface area contributed by atoms with Crippen molar-refractivity contribution in [2.45, 2.75) is 44.2 Å². The van der Waals surface area contributed by atoms with Gasteiger partial charge in [0, 0.05) is 23.9 Å². The molecule has 2 nitrogen and oxygen atoms in total. The lowest BCUT2D eigenvalue weighted by atomic mass is 9.60. The van der Waals surface area contributed by atoms with Crippen molar-refractivity contribution in [2.24, 2.45) is 5.41 Å². The molecule has 4 heteroatoms. The summed E-state index contributed by atoms with van der Waals surface area (Å²) in [6.07, 6.45) is 6.25. The maximum Gasteiger partial charge on any atom is 0.142 e. The number of rotatable bonds is 3. The first-order chi connectivity index (χ1) is 9.15. The smallest absolute Gasteiger partial charge is 0.142 e. The van der Waals surface area contributed by atoms with Gasteiger partial charge in [0.15, 0.2) is 0 Å². The van der Waals surface area contributed by atoms with Crippen LogP contribution >= 0.6 is 11.6 Å². The quantitative estimate of drug-likeness (QED) is 0.911. The van der Waals surface area contributed by atoms with E-state index in [1.54, 1.807) is 12.1 Å². The zero-order valence-corrected chi connectivity index (χ0v) is 11.8. The van der Waals surface area contributed by atoms with Gasteiger partial charge in [0.1, 0.15) is 17.7 Å². The molecule has 0 amide bonds. The molecule has 2 unspecified atom stereocenters. The van der Waals surface area contributed by atoms with Crippen LogP contribution in [-0.4, -0.2) is 19.2 Å². The Hall–Kier alpha value is -0.800. The molecule has 2 aliphatic rings. The minimum absolute atomic E-state index is 0.127. The zero-order chi connectivity index (χ0) is 13.5. The maximum absolute atomic E-state index is 13.1. The Bertz CT molecular complexity index is 473. The van der Waals surface area contributed by atoms with E-state index in [1.165, 1.54) is 31.7 Å². The molecule has 1 aromatic carbocycles. The number of benzene rings is 1. The topological polar surface area (TPSA) is 21.3 Å². The average molecular weight is 284 g/mol. The lowest BCUT2D eigenvalue weighted by molar-refractivity contribution is -0.0736. The highest BCUT2D eigenvalue weighted by Gasteiger charge is 2.56. The van der Waals surface area contributed by atoms with Crippen molar-refractivity contribution in [3.63, 3.8) is 0 Å². The third-order valence-corrected chi connectivity index (χ3v) is 5.13.